The van der Waals surface area contributed by atoms with Crippen molar-refractivity contribution in [3.8, 4) is 12.1 Å². The molecule has 0 spiro atoms. The molecule has 1 heterocycles. The number of nitrogens with one attached hydrogen (secondary N) is 1. The van der Waals surface area contributed by atoms with E-state index in [2.05, 4.69) is 36.3 Å². The van der Waals surface area contributed by atoms with Crippen LogP contribution in [0.25, 0.3) is 0 Å². The van der Waals surface area contributed by atoms with E-state index in [0.717, 1.165) is 48.1 Å². The van der Waals surface area contributed by atoms with Gasteiger partial charge in [-0.2, -0.15) is 15.5 Å². The van der Waals surface area contributed by atoms with Gasteiger partial charge < -0.3 is 14.8 Å². The van der Waals surface area contributed by atoms with Gasteiger partial charge in [0.2, 0.25) is 0 Å². The molecule has 0 aromatic heterocycles. The number of hydrogen-bond acceptors (Lipinski definition) is 6. The highest BCUT2D eigenvalue weighted by molar-refractivity contribution is 5.78. The number of unbranched alkanes of at least 4 members (excludes halogenated alkanes) is 2. The van der Waals surface area contributed by atoms with Gasteiger partial charge in [0.15, 0.2) is 6.23 Å². The van der Waals surface area contributed by atoms with E-state index in [1.165, 1.54) is 0 Å². The second-order valence-electron chi connectivity index (χ2n) is 7.44. The summed E-state index contributed by atoms with van der Waals surface area (Å²) in [5, 5.41) is 22.7. The van der Waals surface area contributed by atoms with Crippen molar-refractivity contribution in [2.75, 3.05) is 13.2 Å². The average Bonchev–Trinajstić information content (AvgIpc) is 2.74. The third-order valence-corrected chi connectivity index (χ3v) is 4.99. The van der Waals surface area contributed by atoms with Gasteiger partial charge in [0.1, 0.15) is 5.92 Å². The molecule has 1 aliphatic heterocycles. The smallest absolute Gasteiger partial charge is 0.291 e. The number of aryl methyl sites for hydroxylation is 1. The number of allylic oxidation sites excluding steroid dienone is 1. The molecule has 0 aliphatic carbocycles. The van der Waals surface area contributed by atoms with Crippen LogP contribution >= 0.6 is 0 Å². The molecule has 0 radical (unpaired) electrons. The fraction of sp³-hybridized carbons (Fsp3) is 0.542. The van der Waals surface area contributed by atoms with Gasteiger partial charge in [0.25, 0.3) is 6.02 Å². The molecule has 2 unspecified atom stereocenters. The fourth-order valence-electron chi connectivity index (χ4n) is 3.38. The van der Waals surface area contributed by atoms with Gasteiger partial charge in [-0.15, -0.1) is 0 Å². The van der Waals surface area contributed by atoms with Crippen molar-refractivity contribution in [1.29, 1.82) is 10.5 Å². The first-order valence-electron chi connectivity index (χ1n) is 10.8. The Bertz CT molecular complexity index is 861. The summed E-state index contributed by atoms with van der Waals surface area (Å²) < 4.78 is 11.9. The number of ether oxygens (including phenoxy) is 2. The topological polar surface area (TPSA) is 90.4 Å². The maximum atomic E-state index is 10.1. The molecule has 2 rings (SSSR count). The van der Waals surface area contributed by atoms with Crippen LogP contribution in [0.3, 0.4) is 0 Å². The zero-order chi connectivity index (χ0) is 21.9. The Labute approximate surface area is 180 Å². The molecule has 2 atom stereocenters. The summed E-state index contributed by atoms with van der Waals surface area (Å²) >= 11 is 0. The third-order valence-electron chi connectivity index (χ3n) is 4.99. The molecule has 160 valence electrons. The van der Waals surface area contributed by atoms with Crippen LogP contribution < -0.4 is 5.32 Å². The van der Waals surface area contributed by atoms with Gasteiger partial charge in [0.05, 0.1) is 24.3 Å². The second kappa shape index (κ2) is 12.0. The van der Waals surface area contributed by atoms with E-state index in [1.807, 2.05) is 26.0 Å². The monoisotopic (exact) mass is 408 g/mol. The molecule has 1 aliphatic rings. The molecule has 0 saturated heterocycles. The molecule has 6 heteroatoms. The second-order valence-corrected chi connectivity index (χ2v) is 7.44. The summed E-state index contributed by atoms with van der Waals surface area (Å²) in [7, 11) is 0. The molecule has 0 saturated carbocycles. The van der Waals surface area contributed by atoms with E-state index in [-0.39, 0.29) is 0 Å². The van der Waals surface area contributed by atoms with E-state index in [1.54, 1.807) is 6.07 Å². The van der Waals surface area contributed by atoms with Crippen molar-refractivity contribution in [3.63, 3.8) is 0 Å². The van der Waals surface area contributed by atoms with E-state index in [9.17, 15) is 10.5 Å². The summed E-state index contributed by atoms with van der Waals surface area (Å²) in [6.45, 7) is 9.35. The Morgan fingerprint density at radius 3 is 2.47 bits per heavy atom. The SMILES string of the molecule is CCCCOC1=NC(OCCCC)C(CC)=C(C(C#N)c2cc(C)cc(C#N)c2)N1. The molecular weight excluding hydrogens is 376 g/mol. The minimum absolute atomic E-state index is 0.394. The van der Waals surface area contributed by atoms with Crippen molar-refractivity contribution >= 4 is 6.02 Å². The number of amidine groups is 1. The zero-order valence-corrected chi connectivity index (χ0v) is 18.5. The number of nitriles is 2. The van der Waals surface area contributed by atoms with Gasteiger partial charge in [-0.25, -0.2) is 0 Å². The summed E-state index contributed by atoms with van der Waals surface area (Å²) in [4.78, 5) is 4.63. The number of nitrogens with zero attached hydrogens (tertiary/aromatic N) is 3. The molecule has 1 N–H and O–H groups in total. The third kappa shape index (κ3) is 6.08. The van der Waals surface area contributed by atoms with Crippen LogP contribution in [0, 0.1) is 29.6 Å². The highest BCUT2D eigenvalue weighted by Gasteiger charge is 2.30. The predicted molar refractivity (Wildman–Crippen MR) is 118 cm³/mol. The van der Waals surface area contributed by atoms with Crippen LogP contribution in [0.5, 0.6) is 0 Å². The Hall–Kier alpha value is -2.83. The summed E-state index contributed by atoms with van der Waals surface area (Å²) in [5.74, 6) is -0.565. The average molecular weight is 409 g/mol. The normalized spacial score (nSPS) is 16.9. The van der Waals surface area contributed by atoms with Crippen LogP contribution in [0.2, 0.25) is 0 Å². The minimum atomic E-state index is -0.565. The number of rotatable bonds is 10. The summed E-state index contributed by atoms with van der Waals surface area (Å²) in [6, 6.07) is 10.5. The largest absolute Gasteiger partial charge is 0.465 e. The number of aliphatic imine (C=N–C) groups is 1. The Morgan fingerprint density at radius 1 is 1.10 bits per heavy atom. The lowest BCUT2D eigenvalue weighted by Gasteiger charge is -2.30. The standard InChI is InChI=1S/C24H32N4O2/c1-5-8-10-29-23-20(7-3)22(27-24(28-23)30-11-9-6-2)21(16-26)19-13-17(4)12-18(14-19)15-25/h12-14,21,23H,5-11H2,1-4H3,(H,27,28). The Balaban J connectivity index is 2.44. The molecule has 1 aromatic rings. The van der Waals surface area contributed by atoms with Gasteiger partial charge in [0, 0.05) is 17.9 Å². The fourth-order valence-corrected chi connectivity index (χ4v) is 3.38. The van der Waals surface area contributed by atoms with Gasteiger partial charge in [-0.3, -0.25) is 0 Å². The van der Waals surface area contributed by atoms with Crippen LogP contribution in [0.15, 0.2) is 34.5 Å². The molecular formula is C24H32N4O2. The van der Waals surface area contributed by atoms with Crippen LogP contribution in [0.1, 0.15) is 75.5 Å². The summed E-state index contributed by atoms with van der Waals surface area (Å²) in [6.07, 6.45) is 4.15. The highest BCUT2D eigenvalue weighted by Crippen LogP contribution is 2.32. The summed E-state index contributed by atoms with van der Waals surface area (Å²) in [5.41, 5.74) is 3.97. The van der Waals surface area contributed by atoms with Gasteiger partial charge in [-0.05, 0) is 49.4 Å². The minimum Gasteiger partial charge on any atom is -0.465 e. The lowest BCUT2D eigenvalue weighted by atomic mass is 9.90. The van der Waals surface area contributed by atoms with Crippen molar-refractivity contribution in [2.24, 2.45) is 4.99 Å². The first kappa shape index (κ1) is 23.4. The van der Waals surface area contributed by atoms with E-state index >= 15 is 0 Å². The first-order valence-corrected chi connectivity index (χ1v) is 10.8. The maximum absolute atomic E-state index is 10.1. The first-order chi connectivity index (χ1) is 14.6. The van der Waals surface area contributed by atoms with Crippen molar-refractivity contribution in [3.05, 3.63) is 46.2 Å². The van der Waals surface area contributed by atoms with Crippen molar-refractivity contribution in [2.45, 2.75) is 71.9 Å². The molecule has 0 amide bonds. The van der Waals surface area contributed by atoms with Gasteiger partial charge in [-0.1, -0.05) is 39.7 Å². The Morgan fingerprint density at radius 2 is 1.83 bits per heavy atom. The molecule has 30 heavy (non-hydrogen) atoms. The molecule has 0 bridgehead atoms. The van der Waals surface area contributed by atoms with E-state index in [4.69, 9.17) is 9.47 Å². The molecule has 6 nitrogen and oxygen atoms in total. The lowest BCUT2D eigenvalue weighted by molar-refractivity contribution is 0.0733. The predicted octanol–water partition coefficient (Wildman–Crippen LogP) is 5.06. The number of hydrogen-bond donors (Lipinski definition) is 1. The van der Waals surface area contributed by atoms with Crippen LogP contribution in [-0.4, -0.2) is 25.5 Å². The quantitative estimate of drug-likeness (QED) is 0.547. The van der Waals surface area contributed by atoms with Crippen molar-refractivity contribution in [1.82, 2.24) is 5.32 Å². The highest BCUT2D eigenvalue weighted by atomic mass is 16.5. The maximum Gasteiger partial charge on any atom is 0.291 e. The number of benzene rings is 1. The van der Waals surface area contributed by atoms with Crippen LogP contribution in [-0.2, 0) is 9.47 Å². The zero-order valence-electron chi connectivity index (χ0n) is 18.5. The van der Waals surface area contributed by atoms with Crippen LogP contribution in [0.4, 0.5) is 0 Å². The van der Waals surface area contributed by atoms with E-state index < -0.39 is 12.1 Å². The van der Waals surface area contributed by atoms with Gasteiger partial charge >= 0.3 is 0 Å². The molecule has 0 fully saturated rings. The van der Waals surface area contributed by atoms with Crippen molar-refractivity contribution < 1.29 is 9.47 Å². The van der Waals surface area contributed by atoms with E-state index in [0.29, 0.717) is 31.2 Å². The Kier molecular flexibility index (Phi) is 9.38. The lowest BCUT2D eigenvalue weighted by Crippen LogP contribution is -2.38. The molecule has 1 aromatic carbocycles.